The van der Waals surface area contributed by atoms with Crippen molar-refractivity contribution in [1.82, 2.24) is 9.88 Å². The standard InChI is InChI=1S/C18H21ClN2O/c1-21-12-10-15(11-13-21)18(22,14-6-3-2-4-7-14)16-8-5-9-17(19)20-16/h2-9,15,22H,10-13H2,1H3/t18-/m1/s1. The van der Waals surface area contributed by atoms with Gasteiger partial charge in [-0.15, -0.1) is 0 Å². The van der Waals surface area contributed by atoms with Crippen molar-refractivity contribution in [2.45, 2.75) is 18.4 Å². The van der Waals surface area contributed by atoms with Crippen molar-refractivity contribution in [1.29, 1.82) is 0 Å². The molecule has 3 nitrogen and oxygen atoms in total. The fraction of sp³-hybridized carbons (Fsp3) is 0.389. The predicted octanol–water partition coefficient (Wildman–Crippen LogP) is 3.31. The van der Waals surface area contributed by atoms with E-state index in [0.717, 1.165) is 31.5 Å². The molecule has 1 aliphatic heterocycles. The highest BCUT2D eigenvalue weighted by atomic mass is 35.5. The summed E-state index contributed by atoms with van der Waals surface area (Å²) in [4.78, 5) is 6.72. The Hall–Kier alpha value is -1.42. The zero-order valence-electron chi connectivity index (χ0n) is 12.7. The van der Waals surface area contributed by atoms with Gasteiger partial charge in [-0.3, -0.25) is 0 Å². The van der Waals surface area contributed by atoms with Gasteiger partial charge < -0.3 is 10.0 Å². The van der Waals surface area contributed by atoms with E-state index in [9.17, 15) is 5.11 Å². The van der Waals surface area contributed by atoms with E-state index in [2.05, 4.69) is 16.9 Å². The Kier molecular flexibility index (Phi) is 4.48. The number of rotatable bonds is 3. The number of aliphatic hydroxyl groups is 1. The van der Waals surface area contributed by atoms with Crippen LogP contribution in [-0.2, 0) is 5.60 Å². The number of likely N-dealkylation sites (tertiary alicyclic amines) is 1. The maximum Gasteiger partial charge on any atom is 0.134 e. The smallest absolute Gasteiger partial charge is 0.134 e. The Bertz CT molecular complexity index is 626. The molecule has 4 heteroatoms. The van der Waals surface area contributed by atoms with Crippen molar-refractivity contribution in [2.75, 3.05) is 20.1 Å². The molecule has 116 valence electrons. The molecule has 0 amide bonds. The number of benzene rings is 1. The third-order valence-corrected chi connectivity index (χ3v) is 4.84. The third kappa shape index (κ3) is 2.89. The topological polar surface area (TPSA) is 36.4 Å². The van der Waals surface area contributed by atoms with Crippen LogP contribution in [0.4, 0.5) is 0 Å². The van der Waals surface area contributed by atoms with Crippen LogP contribution >= 0.6 is 11.6 Å². The van der Waals surface area contributed by atoms with Crippen LogP contribution in [0.3, 0.4) is 0 Å². The number of piperidine rings is 1. The summed E-state index contributed by atoms with van der Waals surface area (Å²) in [6.45, 7) is 1.97. The van der Waals surface area contributed by atoms with Crippen LogP contribution in [0.25, 0.3) is 0 Å². The number of nitrogens with zero attached hydrogens (tertiary/aromatic N) is 2. The van der Waals surface area contributed by atoms with E-state index >= 15 is 0 Å². The second kappa shape index (κ2) is 6.37. The quantitative estimate of drug-likeness (QED) is 0.883. The minimum absolute atomic E-state index is 0.136. The lowest BCUT2D eigenvalue weighted by Crippen LogP contribution is -2.43. The Labute approximate surface area is 136 Å². The predicted molar refractivity (Wildman–Crippen MR) is 88.9 cm³/mol. The van der Waals surface area contributed by atoms with E-state index in [1.807, 2.05) is 42.5 Å². The highest BCUT2D eigenvalue weighted by Gasteiger charge is 2.42. The number of pyridine rings is 1. The average molecular weight is 317 g/mol. The second-order valence-corrected chi connectivity index (χ2v) is 6.44. The summed E-state index contributed by atoms with van der Waals surface area (Å²) >= 11 is 6.07. The number of hydrogen-bond acceptors (Lipinski definition) is 3. The van der Waals surface area contributed by atoms with Crippen LogP contribution < -0.4 is 0 Å². The van der Waals surface area contributed by atoms with Gasteiger partial charge in [-0.2, -0.15) is 0 Å². The summed E-state index contributed by atoms with van der Waals surface area (Å²) in [7, 11) is 2.12. The first-order valence-electron chi connectivity index (χ1n) is 7.70. The number of aromatic nitrogens is 1. The van der Waals surface area contributed by atoms with E-state index in [0.29, 0.717) is 10.8 Å². The summed E-state index contributed by atoms with van der Waals surface area (Å²) in [5.74, 6) is 0.136. The van der Waals surface area contributed by atoms with Crippen molar-refractivity contribution in [2.24, 2.45) is 5.92 Å². The summed E-state index contributed by atoms with van der Waals surface area (Å²) in [5, 5.41) is 12.1. The fourth-order valence-electron chi connectivity index (χ4n) is 3.33. The summed E-state index contributed by atoms with van der Waals surface area (Å²) in [5.41, 5.74) is 0.438. The van der Waals surface area contributed by atoms with Gasteiger partial charge in [-0.25, -0.2) is 4.98 Å². The molecule has 0 bridgehead atoms. The molecule has 0 unspecified atom stereocenters. The first kappa shape index (κ1) is 15.5. The van der Waals surface area contributed by atoms with Gasteiger partial charge >= 0.3 is 0 Å². The normalized spacial score (nSPS) is 19.8. The van der Waals surface area contributed by atoms with Crippen molar-refractivity contribution < 1.29 is 5.11 Å². The Morgan fingerprint density at radius 2 is 1.77 bits per heavy atom. The van der Waals surface area contributed by atoms with E-state index in [1.54, 1.807) is 6.07 Å². The molecule has 1 saturated heterocycles. The van der Waals surface area contributed by atoms with Gasteiger partial charge in [0.25, 0.3) is 0 Å². The third-order valence-electron chi connectivity index (χ3n) is 4.63. The molecule has 2 aromatic rings. The molecule has 3 rings (SSSR count). The zero-order chi connectivity index (χ0) is 15.6. The van der Waals surface area contributed by atoms with Crippen molar-refractivity contribution >= 4 is 11.6 Å². The molecule has 1 fully saturated rings. The molecule has 1 aromatic carbocycles. The molecule has 1 atom stereocenters. The van der Waals surface area contributed by atoms with Gasteiger partial charge in [0.15, 0.2) is 0 Å². The summed E-state index contributed by atoms with van der Waals surface area (Å²) in [6.07, 6.45) is 1.88. The molecule has 1 aromatic heterocycles. The van der Waals surface area contributed by atoms with E-state index in [4.69, 9.17) is 11.6 Å². The average Bonchev–Trinajstić information content (AvgIpc) is 2.55. The SMILES string of the molecule is CN1CCC([C@](O)(c2ccccc2)c2cccc(Cl)n2)CC1. The largest absolute Gasteiger partial charge is 0.378 e. The molecule has 1 N–H and O–H groups in total. The molecule has 2 heterocycles. The Morgan fingerprint density at radius 3 is 2.41 bits per heavy atom. The highest BCUT2D eigenvalue weighted by molar-refractivity contribution is 6.29. The van der Waals surface area contributed by atoms with Crippen molar-refractivity contribution in [3.8, 4) is 0 Å². The second-order valence-electron chi connectivity index (χ2n) is 6.06. The van der Waals surface area contributed by atoms with E-state index in [-0.39, 0.29) is 5.92 Å². The molecule has 0 radical (unpaired) electrons. The van der Waals surface area contributed by atoms with Gasteiger partial charge in [0.05, 0.1) is 5.69 Å². The fourth-order valence-corrected chi connectivity index (χ4v) is 3.50. The molecule has 0 aliphatic carbocycles. The maximum absolute atomic E-state index is 11.6. The Balaban J connectivity index is 2.06. The van der Waals surface area contributed by atoms with E-state index < -0.39 is 5.60 Å². The molecule has 0 saturated carbocycles. The van der Waals surface area contributed by atoms with Crippen LogP contribution in [0, 0.1) is 5.92 Å². The first-order chi connectivity index (χ1) is 10.6. The molecular formula is C18H21ClN2O. The lowest BCUT2D eigenvalue weighted by atomic mass is 9.74. The first-order valence-corrected chi connectivity index (χ1v) is 8.08. The minimum Gasteiger partial charge on any atom is -0.378 e. The van der Waals surface area contributed by atoms with Gasteiger partial charge in [0, 0.05) is 5.92 Å². The summed E-state index contributed by atoms with van der Waals surface area (Å²) in [6, 6.07) is 15.3. The van der Waals surface area contributed by atoms with Gasteiger partial charge in [-0.05, 0) is 50.7 Å². The van der Waals surface area contributed by atoms with Crippen LogP contribution in [0.1, 0.15) is 24.1 Å². The Morgan fingerprint density at radius 1 is 1.09 bits per heavy atom. The molecule has 22 heavy (non-hydrogen) atoms. The van der Waals surface area contributed by atoms with Crippen molar-refractivity contribution in [3.05, 3.63) is 64.9 Å². The zero-order valence-corrected chi connectivity index (χ0v) is 13.5. The number of hydrogen-bond donors (Lipinski definition) is 1. The molecular weight excluding hydrogens is 296 g/mol. The summed E-state index contributed by atoms with van der Waals surface area (Å²) < 4.78 is 0. The minimum atomic E-state index is -1.09. The number of halogens is 1. The monoisotopic (exact) mass is 316 g/mol. The van der Waals surface area contributed by atoms with Gasteiger partial charge in [0.2, 0.25) is 0 Å². The van der Waals surface area contributed by atoms with Crippen LogP contribution in [0.2, 0.25) is 5.15 Å². The van der Waals surface area contributed by atoms with Crippen LogP contribution in [0.15, 0.2) is 48.5 Å². The molecule has 1 aliphatic rings. The van der Waals surface area contributed by atoms with Gasteiger partial charge in [0.1, 0.15) is 10.8 Å². The van der Waals surface area contributed by atoms with Crippen molar-refractivity contribution in [3.63, 3.8) is 0 Å². The van der Waals surface area contributed by atoms with Crippen LogP contribution in [0.5, 0.6) is 0 Å². The highest BCUT2D eigenvalue weighted by Crippen LogP contribution is 2.41. The van der Waals surface area contributed by atoms with Crippen LogP contribution in [-0.4, -0.2) is 35.1 Å². The van der Waals surface area contributed by atoms with E-state index in [1.165, 1.54) is 0 Å². The maximum atomic E-state index is 11.6. The lowest BCUT2D eigenvalue weighted by Gasteiger charge is -2.40. The van der Waals surface area contributed by atoms with Gasteiger partial charge in [-0.1, -0.05) is 48.0 Å². The lowest BCUT2D eigenvalue weighted by molar-refractivity contribution is -0.0143. The molecule has 0 spiro atoms.